The molecule has 41 heavy (non-hydrogen) atoms. The number of hydrogen-bond acceptors (Lipinski definition) is 3. The first-order valence-electron chi connectivity index (χ1n) is 15.2. The molecule has 0 saturated heterocycles. The van der Waals surface area contributed by atoms with Gasteiger partial charge in [-0.05, 0) is 62.4 Å². The zero-order valence-corrected chi connectivity index (χ0v) is 24.2. The molecule has 0 unspecified atom stereocenters. The van der Waals surface area contributed by atoms with Gasteiger partial charge in [0.2, 0.25) is 5.91 Å². The van der Waals surface area contributed by atoms with Gasteiger partial charge < -0.3 is 14.8 Å². The van der Waals surface area contributed by atoms with Gasteiger partial charge in [0.15, 0.2) is 0 Å². The first-order valence-corrected chi connectivity index (χ1v) is 15.2. The summed E-state index contributed by atoms with van der Waals surface area (Å²) in [5.41, 5.74) is 4.98. The molecular weight excluding hydrogens is 508 g/mol. The van der Waals surface area contributed by atoms with E-state index in [1.165, 1.54) is 24.8 Å². The highest BCUT2D eigenvalue weighted by Crippen LogP contribution is 2.26. The van der Waals surface area contributed by atoms with Crippen molar-refractivity contribution in [1.82, 2.24) is 19.8 Å². The molecule has 0 radical (unpaired) electrons. The van der Waals surface area contributed by atoms with Crippen molar-refractivity contribution in [3.8, 4) is 0 Å². The van der Waals surface area contributed by atoms with E-state index in [0.717, 1.165) is 60.9 Å². The van der Waals surface area contributed by atoms with Crippen molar-refractivity contribution in [3.05, 3.63) is 101 Å². The molecule has 1 heterocycles. The summed E-state index contributed by atoms with van der Waals surface area (Å²) in [6, 6.07) is 26.4. The van der Waals surface area contributed by atoms with Crippen LogP contribution in [0, 0.1) is 6.92 Å². The first kappa shape index (κ1) is 28.6. The van der Waals surface area contributed by atoms with Crippen molar-refractivity contribution in [3.63, 3.8) is 0 Å². The zero-order chi connectivity index (χ0) is 28.4. The van der Waals surface area contributed by atoms with Crippen LogP contribution in [0.3, 0.4) is 0 Å². The standard InChI is InChI=1S/C35H42N4O2/c1-27-20-22-29(23-21-27)35(41)36-24-12-4-9-19-33-37-31-17-10-11-18-32(31)39(33)26-34(40)38(30-15-7-3-8-16-30)25-28-13-5-2-6-14-28/h2,5-6,10-11,13-14,17-18,20-23,30H,3-4,7-9,12,15-16,19,24-26H2,1H3,(H,36,41). The lowest BCUT2D eigenvalue weighted by molar-refractivity contribution is -0.135. The van der Waals surface area contributed by atoms with Crippen LogP contribution < -0.4 is 5.32 Å². The fourth-order valence-electron chi connectivity index (χ4n) is 5.91. The number of nitrogens with zero attached hydrogens (tertiary/aromatic N) is 3. The number of carbonyl (C=O) groups is 2. The second kappa shape index (κ2) is 14.1. The van der Waals surface area contributed by atoms with Crippen molar-refractivity contribution in [1.29, 1.82) is 0 Å². The molecular formula is C35H42N4O2. The number of amides is 2. The molecule has 0 atom stereocenters. The van der Waals surface area contributed by atoms with Crippen LogP contribution >= 0.6 is 0 Å². The van der Waals surface area contributed by atoms with E-state index in [2.05, 4.69) is 33.0 Å². The number of para-hydroxylation sites is 2. The van der Waals surface area contributed by atoms with Crippen molar-refractivity contribution in [2.45, 2.75) is 83.8 Å². The molecule has 6 heteroatoms. The molecule has 1 N–H and O–H groups in total. The minimum absolute atomic E-state index is 0.0247. The van der Waals surface area contributed by atoms with Crippen LogP contribution in [0.1, 0.15) is 78.7 Å². The first-order chi connectivity index (χ1) is 20.1. The lowest BCUT2D eigenvalue weighted by Crippen LogP contribution is -2.42. The molecule has 214 valence electrons. The molecule has 0 bridgehead atoms. The molecule has 5 rings (SSSR count). The Morgan fingerprint density at radius 2 is 1.61 bits per heavy atom. The third-order valence-corrected chi connectivity index (χ3v) is 8.24. The minimum atomic E-state index is -0.0247. The number of unbranched alkanes of at least 4 members (excludes halogenated alkanes) is 2. The maximum atomic E-state index is 14.0. The lowest BCUT2D eigenvalue weighted by Gasteiger charge is -2.35. The second-order valence-electron chi connectivity index (χ2n) is 11.3. The Labute approximate surface area is 243 Å². The topological polar surface area (TPSA) is 67.2 Å². The van der Waals surface area contributed by atoms with Crippen LogP contribution in [0.25, 0.3) is 11.0 Å². The summed E-state index contributed by atoms with van der Waals surface area (Å²) in [6.45, 7) is 3.63. The summed E-state index contributed by atoms with van der Waals surface area (Å²) >= 11 is 0. The molecule has 6 nitrogen and oxygen atoms in total. The number of aromatic nitrogens is 2. The van der Waals surface area contributed by atoms with E-state index in [4.69, 9.17) is 4.98 Å². The predicted molar refractivity (Wildman–Crippen MR) is 165 cm³/mol. The molecule has 1 aliphatic carbocycles. The maximum Gasteiger partial charge on any atom is 0.251 e. The third kappa shape index (κ3) is 7.63. The smallest absolute Gasteiger partial charge is 0.251 e. The van der Waals surface area contributed by atoms with Crippen LogP contribution in [0.5, 0.6) is 0 Å². The monoisotopic (exact) mass is 550 g/mol. The van der Waals surface area contributed by atoms with Gasteiger partial charge >= 0.3 is 0 Å². The van der Waals surface area contributed by atoms with E-state index in [-0.39, 0.29) is 11.8 Å². The van der Waals surface area contributed by atoms with Gasteiger partial charge in [0.05, 0.1) is 11.0 Å². The van der Waals surface area contributed by atoms with Crippen LogP contribution in [-0.2, 0) is 24.3 Å². The number of fused-ring (bicyclic) bond motifs is 1. The Kier molecular flexibility index (Phi) is 9.84. The quantitative estimate of drug-likeness (QED) is 0.196. The summed E-state index contributed by atoms with van der Waals surface area (Å²) in [4.78, 5) is 33.4. The number of rotatable bonds is 12. The largest absolute Gasteiger partial charge is 0.352 e. The molecule has 1 fully saturated rings. The van der Waals surface area contributed by atoms with Crippen molar-refractivity contribution >= 4 is 22.8 Å². The molecule has 1 aliphatic rings. The average molecular weight is 551 g/mol. The van der Waals surface area contributed by atoms with Gasteiger partial charge in [0.25, 0.3) is 5.91 Å². The van der Waals surface area contributed by atoms with E-state index in [1.807, 2.05) is 67.6 Å². The Morgan fingerprint density at radius 1 is 0.878 bits per heavy atom. The molecule has 2 amide bonds. The lowest BCUT2D eigenvalue weighted by atomic mass is 9.93. The fraction of sp³-hybridized carbons (Fsp3) is 0.400. The second-order valence-corrected chi connectivity index (χ2v) is 11.3. The summed E-state index contributed by atoms with van der Waals surface area (Å²) in [5.74, 6) is 1.11. The van der Waals surface area contributed by atoms with Crippen molar-refractivity contribution in [2.75, 3.05) is 6.54 Å². The molecule has 1 saturated carbocycles. The highest BCUT2D eigenvalue weighted by Gasteiger charge is 2.27. The SMILES string of the molecule is Cc1ccc(C(=O)NCCCCCc2nc3ccccc3n2CC(=O)N(Cc2ccccc2)C2CCCCC2)cc1. The Hall–Kier alpha value is -3.93. The number of carbonyl (C=O) groups excluding carboxylic acids is 2. The zero-order valence-electron chi connectivity index (χ0n) is 24.2. The van der Waals surface area contributed by atoms with E-state index in [0.29, 0.717) is 31.2 Å². The van der Waals surface area contributed by atoms with E-state index < -0.39 is 0 Å². The molecule has 4 aromatic rings. The van der Waals surface area contributed by atoms with Gasteiger partial charge in [0, 0.05) is 31.1 Å². The summed E-state index contributed by atoms with van der Waals surface area (Å²) in [6.07, 6.45) is 9.44. The van der Waals surface area contributed by atoms with Gasteiger partial charge in [0.1, 0.15) is 12.4 Å². The number of nitrogens with one attached hydrogen (secondary N) is 1. The van der Waals surface area contributed by atoms with Gasteiger partial charge in [-0.1, -0.05) is 85.8 Å². The van der Waals surface area contributed by atoms with Crippen molar-refractivity contribution in [2.24, 2.45) is 0 Å². The molecule has 0 aliphatic heterocycles. The number of imidazole rings is 1. The Morgan fingerprint density at radius 3 is 2.39 bits per heavy atom. The number of hydrogen-bond donors (Lipinski definition) is 1. The fourth-order valence-corrected chi connectivity index (χ4v) is 5.91. The van der Waals surface area contributed by atoms with Crippen LogP contribution in [0.15, 0.2) is 78.9 Å². The maximum absolute atomic E-state index is 14.0. The Balaban J connectivity index is 1.21. The van der Waals surface area contributed by atoms with Gasteiger partial charge in [-0.15, -0.1) is 0 Å². The third-order valence-electron chi connectivity index (χ3n) is 8.24. The highest BCUT2D eigenvalue weighted by molar-refractivity contribution is 5.94. The van der Waals surface area contributed by atoms with Crippen molar-refractivity contribution < 1.29 is 9.59 Å². The highest BCUT2D eigenvalue weighted by atomic mass is 16.2. The molecule has 3 aromatic carbocycles. The minimum Gasteiger partial charge on any atom is -0.352 e. The number of aryl methyl sites for hydroxylation is 2. The normalized spacial score (nSPS) is 13.8. The summed E-state index contributed by atoms with van der Waals surface area (Å²) in [7, 11) is 0. The number of benzene rings is 3. The Bertz CT molecular complexity index is 1420. The van der Waals surface area contributed by atoms with Gasteiger partial charge in [-0.25, -0.2) is 4.98 Å². The predicted octanol–water partition coefficient (Wildman–Crippen LogP) is 6.85. The molecule has 0 spiro atoms. The van der Waals surface area contributed by atoms with E-state index in [9.17, 15) is 9.59 Å². The summed E-state index contributed by atoms with van der Waals surface area (Å²) in [5, 5.41) is 3.03. The van der Waals surface area contributed by atoms with Crippen LogP contribution in [-0.4, -0.2) is 38.9 Å². The summed E-state index contributed by atoms with van der Waals surface area (Å²) < 4.78 is 2.14. The van der Waals surface area contributed by atoms with Crippen LogP contribution in [0.2, 0.25) is 0 Å². The average Bonchev–Trinajstić information content (AvgIpc) is 3.35. The molecule has 1 aromatic heterocycles. The van der Waals surface area contributed by atoms with Gasteiger partial charge in [-0.2, -0.15) is 0 Å². The van der Waals surface area contributed by atoms with Crippen LogP contribution in [0.4, 0.5) is 0 Å². The van der Waals surface area contributed by atoms with Gasteiger partial charge in [-0.3, -0.25) is 9.59 Å². The van der Waals surface area contributed by atoms with E-state index >= 15 is 0 Å². The van der Waals surface area contributed by atoms with E-state index in [1.54, 1.807) is 0 Å².